The van der Waals surface area contributed by atoms with E-state index in [1.165, 1.54) is 12.8 Å². The molecule has 0 spiro atoms. The van der Waals surface area contributed by atoms with Gasteiger partial charge >= 0.3 is 0 Å². The van der Waals surface area contributed by atoms with Gasteiger partial charge in [0.05, 0.1) is 16.4 Å². The van der Waals surface area contributed by atoms with Crippen molar-refractivity contribution in [2.24, 2.45) is 5.92 Å². The maximum atomic E-state index is 6.27. The minimum atomic E-state index is 0.339. The highest BCUT2D eigenvalue weighted by Crippen LogP contribution is 2.29. The van der Waals surface area contributed by atoms with Gasteiger partial charge in [0.2, 0.25) is 0 Å². The van der Waals surface area contributed by atoms with Crippen molar-refractivity contribution in [1.82, 2.24) is 15.1 Å². The molecule has 0 radical (unpaired) electrons. The van der Waals surface area contributed by atoms with Crippen LogP contribution in [0.4, 0.5) is 0 Å². The molecule has 1 saturated carbocycles. The first-order chi connectivity index (χ1) is 8.63. The van der Waals surface area contributed by atoms with Crippen LogP contribution in [0.15, 0.2) is 0 Å². The van der Waals surface area contributed by atoms with Gasteiger partial charge in [-0.3, -0.25) is 4.68 Å². The molecule has 18 heavy (non-hydrogen) atoms. The number of aromatic nitrogens is 2. The Hall–Kier alpha value is -0.250. The molecule has 2 unspecified atom stereocenters. The molecule has 2 atom stereocenters. The molecule has 1 aromatic rings. The van der Waals surface area contributed by atoms with Crippen LogP contribution < -0.4 is 5.32 Å². The zero-order chi connectivity index (χ0) is 13.1. The van der Waals surface area contributed by atoms with Crippen LogP contribution in [0.1, 0.15) is 37.6 Å². The molecule has 1 aromatic heterocycles. The van der Waals surface area contributed by atoms with E-state index in [2.05, 4.69) is 17.3 Å². The van der Waals surface area contributed by atoms with E-state index in [1.807, 2.05) is 11.6 Å². The Balaban J connectivity index is 1.90. The van der Waals surface area contributed by atoms with Crippen molar-refractivity contribution in [1.29, 1.82) is 0 Å². The molecule has 102 valence electrons. The van der Waals surface area contributed by atoms with Crippen molar-refractivity contribution in [3.63, 3.8) is 0 Å². The van der Waals surface area contributed by atoms with Crippen molar-refractivity contribution < 1.29 is 0 Å². The number of aryl methyl sites for hydroxylation is 2. The van der Waals surface area contributed by atoms with Gasteiger partial charge < -0.3 is 5.32 Å². The lowest BCUT2D eigenvalue weighted by molar-refractivity contribution is 0.481. The number of rotatable bonds is 5. The van der Waals surface area contributed by atoms with E-state index in [0.717, 1.165) is 42.5 Å². The van der Waals surface area contributed by atoms with Gasteiger partial charge in [-0.15, -0.1) is 11.6 Å². The second kappa shape index (κ2) is 6.27. The Morgan fingerprint density at radius 3 is 2.83 bits per heavy atom. The predicted octanol–water partition coefficient (Wildman–Crippen LogP) is 3.36. The molecule has 1 aliphatic carbocycles. The molecule has 5 heteroatoms. The van der Waals surface area contributed by atoms with Gasteiger partial charge in [0.15, 0.2) is 0 Å². The highest BCUT2D eigenvalue weighted by atomic mass is 35.5. The first-order valence-corrected chi connectivity index (χ1v) is 7.51. The Labute approximate surface area is 119 Å². The largest absolute Gasteiger partial charge is 0.311 e. The standard InChI is InChI=1S/C13H21Cl2N3/c1-3-18-12(13(15)9(2)17-18)8-16-7-10-5-4-6-11(10)14/h10-11,16H,3-8H2,1-2H3. The number of alkyl halides is 1. The van der Waals surface area contributed by atoms with Crippen LogP contribution >= 0.6 is 23.2 Å². The van der Waals surface area contributed by atoms with E-state index in [4.69, 9.17) is 23.2 Å². The lowest BCUT2D eigenvalue weighted by atomic mass is 10.1. The predicted molar refractivity (Wildman–Crippen MR) is 76.3 cm³/mol. The molecular weight excluding hydrogens is 269 g/mol. The van der Waals surface area contributed by atoms with Crippen LogP contribution in [0.3, 0.4) is 0 Å². The summed E-state index contributed by atoms with van der Waals surface area (Å²) in [7, 11) is 0. The Kier molecular flexibility index (Phi) is 4.93. The number of nitrogens with one attached hydrogen (secondary N) is 1. The van der Waals surface area contributed by atoms with Gasteiger partial charge in [0, 0.05) is 18.5 Å². The van der Waals surface area contributed by atoms with Gasteiger partial charge in [-0.1, -0.05) is 18.0 Å². The fraction of sp³-hybridized carbons (Fsp3) is 0.769. The van der Waals surface area contributed by atoms with Crippen molar-refractivity contribution in [2.45, 2.75) is 51.6 Å². The molecule has 2 rings (SSSR count). The van der Waals surface area contributed by atoms with Crippen molar-refractivity contribution >= 4 is 23.2 Å². The van der Waals surface area contributed by atoms with Crippen LogP contribution in [-0.4, -0.2) is 21.7 Å². The second-order valence-electron chi connectivity index (χ2n) is 5.00. The average Bonchev–Trinajstić information content (AvgIpc) is 2.87. The van der Waals surface area contributed by atoms with Gasteiger partial charge in [-0.2, -0.15) is 5.10 Å². The van der Waals surface area contributed by atoms with E-state index in [9.17, 15) is 0 Å². The number of hydrogen-bond donors (Lipinski definition) is 1. The SMILES string of the molecule is CCn1nc(C)c(Cl)c1CNCC1CCCC1Cl. The maximum absolute atomic E-state index is 6.27. The quantitative estimate of drug-likeness (QED) is 0.843. The first kappa shape index (κ1) is 14.2. The van der Waals surface area contributed by atoms with Gasteiger partial charge in [-0.25, -0.2) is 0 Å². The topological polar surface area (TPSA) is 29.9 Å². The third-order valence-corrected chi connectivity index (χ3v) is 4.78. The summed E-state index contributed by atoms with van der Waals surface area (Å²) in [4.78, 5) is 0. The molecule has 3 nitrogen and oxygen atoms in total. The van der Waals surface area contributed by atoms with E-state index in [1.54, 1.807) is 0 Å². The molecule has 0 aromatic carbocycles. The van der Waals surface area contributed by atoms with Crippen LogP contribution in [0.2, 0.25) is 5.02 Å². The molecule has 1 aliphatic rings. The lowest BCUT2D eigenvalue weighted by Gasteiger charge is -2.15. The summed E-state index contributed by atoms with van der Waals surface area (Å²) >= 11 is 12.5. The zero-order valence-corrected chi connectivity index (χ0v) is 12.6. The normalized spacial score (nSPS) is 23.8. The Bertz CT molecular complexity index is 403. The van der Waals surface area contributed by atoms with E-state index in [-0.39, 0.29) is 0 Å². The fourth-order valence-electron chi connectivity index (χ4n) is 2.64. The lowest BCUT2D eigenvalue weighted by Crippen LogP contribution is -2.26. The first-order valence-electron chi connectivity index (χ1n) is 6.70. The van der Waals surface area contributed by atoms with Crippen LogP contribution in [0, 0.1) is 12.8 Å². The fourth-order valence-corrected chi connectivity index (χ4v) is 3.21. The molecule has 1 N–H and O–H groups in total. The van der Waals surface area contributed by atoms with E-state index >= 15 is 0 Å². The Morgan fingerprint density at radius 1 is 1.44 bits per heavy atom. The summed E-state index contributed by atoms with van der Waals surface area (Å²) in [5.74, 6) is 0.601. The highest BCUT2D eigenvalue weighted by Gasteiger charge is 2.24. The zero-order valence-electron chi connectivity index (χ0n) is 11.0. The van der Waals surface area contributed by atoms with Crippen LogP contribution in [0.5, 0.6) is 0 Å². The van der Waals surface area contributed by atoms with Gasteiger partial charge in [-0.05, 0) is 39.2 Å². The minimum absolute atomic E-state index is 0.339. The summed E-state index contributed by atoms with van der Waals surface area (Å²) in [5, 5.41) is 9.01. The van der Waals surface area contributed by atoms with Crippen molar-refractivity contribution in [3.05, 3.63) is 16.4 Å². The maximum Gasteiger partial charge on any atom is 0.0860 e. The van der Waals surface area contributed by atoms with Crippen molar-refractivity contribution in [3.8, 4) is 0 Å². The summed E-state index contributed by atoms with van der Waals surface area (Å²) in [6.45, 7) is 6.62. The van der Waals surface area contributed by atoms with Gasteiger partial charge in [0.1, 0.15) is 0 Å². The number of nitrogens with zero attached hydrogens (tertiary/aromatic N) is 2. The minimum Gasteiger partial charge on any atom is -0.311 e. The van der Waals surface area contributed by atoms with E-state index in [0.29, 0.717) is 11.3 Å². The second-order valence-corrected chi connectivity index (χ2v) is 5.94. The molecule has 1 fully saturated rings. The van der Waals surface area contributed by atoms with Crippen LogP contribution in [0.25, 0.3) is 0 Å². The molecule has 0 bridgehead atoms. The molecular formula is C13H21Cl2N3. The monoisotopic (exact) mass is 289 g/mol. The summed E-state index contributed by atoms with van der Waals surface area (Å²) < 4.78 is 1.97. The smallest absolute Gasteiger partial charge is 0.0860 e. The number of halogens is 2. The van der Waals surface area contributed by atoms with E-state index < -0.39 is 0 Å². The average molecular weight is 290 g/mol. The summed E-state index contributed by atoms with van der Waals surface area (Å²) in [6, 6.07) is 0. The molecule has 0 amide bonds. The molecule has 1 heterocycles. The van der Waals surface area contributed by atoms with Gasteiger partial charge in [0.25, 0.3) is 0 Å². The third-order valence-electron chi connectivity index (χ3n) is 3.72. The molecule has 0 aliphatic heterocycles. The van der Waals surface area contributed by atoms with Crippen LogP contribution in [-0.2, 0) is 13.1 Å². The summed E-state index contributed by atoms with van der Waals surface area (Å²) in [6.07, 6.45) is 3.65. The highest BCUT2D eigenvalue weighted by molar-refractivity contribution is 6.31. The van der Waals surface area contributed by atoms with Crippen molar-refractivity contribution in [2.75, 3.05) is 6.54 Å². The molecule has 0 saturated heterocycles. The third kappa shape index (κ3) is 3.01. The Morgan fingerprint density at radius 2 is 2.22 bits per heavy atom. The summed E-state index contributed by atoms with van der Waals surface area (Å²) in [5.41, 5.74) is 1.99. The number of hydrogen-bond acceptors (Lipinski definition) is 2.